The van der Waals surface area contributed by atoms with Crippen LogP contribution in [0.4, 0.5) is 0 Å². The predicted molar refractivity (Wildman–Crippen MR) is 90.9 cm³/mol. The third-order valence-corrected chi connectivity index (χ3v) is 3.97. The third-order valence-electron chi connectivity index (χ3n) is 3.97. The molecule has 0 aliphatic carbocycles. The molecule has 1 unspecified atom stereocenters. The maximum Gasteiger partial charge on any atom is 0.142 e. The maximum absolute atomic E-state index is 6.72. The van der Waals surface area contributed by atoms with Crippen LogP contribution in [0.5, 0.6) is 0 Å². The van der Waals surface area contributed by atoms with Crippen molar-refractivity contribution in [2.24, 2.45) is 0 Å². The fourth-order valence-corrected chi connectivity index (χ4v) is 3.20. The van der Waals surface area contributed by atoms with Gasteiger partial charge in [-0.05, 0) is 31.2 Å². The van der Waals surface area contributed by atoms with Crippen LogP contribution in [0.15, 0.2) is 30.3 Å². The summed E-state index contributed by atoms with van der Waals surface area (Å²) in [5.41, 5.74) is 1.32. The summed E-state index contributed by atoms with van der Waals surface area (Å²) in [6.45, 7) is 12.4. The molecule has 0 fully saturated rings. The third kappa shape index (κ3) is 5.80. The summed E-state index contributed by atoms with van der Waals surface area (Å²) in [7, 11) is 0. The normalized spacial score (nSPS) is 13.3. The molecule has 1 aromatic carbocycles. The van der Waals surface area contributed by atoms with E-state index in [1.807, 2.05) is 0 Å². The molecule has 0 aliphatic heterocycles. The first kappa shape index (κ1) is 18.2. The molecule has 0 spiro atoms. The number of nitrogens with zero attached hydrogens (tertiary/aromatic N) is 1. The van der Waals surface area contributed by atoms with E-state index in [1.54, 1.807) is 0 Å². The van der Waals surface area contributed by atoms with E-state index in [0.717, 1.165) is 37.1 Å². The van der Waals surface area contributed by atoms with Crippen molar-refractivity contribution in [2.75, 3.05) is 19.6 Å². The minimum Gasteiger partial charge on any atom is -0.195 e. The second-order valence-electron chi connectivity index (χ2n) is 6.02. The number of rotatable bonds is 11. The van der Waals surface area contributed by atoms with Crippen LogP contribution in [0.1, 0.15) is 71.5 Å². The van der Waals surface area contributed by atoms with Gasteiger partial charge in [-0.15, -0.1) is 0 Å². The van der Waals surface area contributed by atoms with Crippen LogP contribution in [0.25, 0.3) is 0 Å². The van der Waals surface area contributed by atoms with Crippen molar-refractivity contribution in [3.63, 3.8) is 0 Å². The molecule has 0 saturated carbocycles. The zero-order chi connectivity index (χ0) is 15.6. The van der Waals surface area contributed by atoms with Crippen LogP contribution in [0, 0.1) is 0 Å². The zero-order valence-electron chi connectivity index (χ0n) is 14.5. The molecule has 1 rings (SSSR count). The van der Waals surface area contributed by atoms with E-state index in [0.29, 0.717) is 0 Å². The number of benzene rings is 1. The largest absolute Gasteiger partial charge is 0.195 e. The first-order valence-electron chi connectivity index (χ1n) is 8.80. The van der Waals surface area contributed by atoms with Crippen molar-refractivity contribution < 1.29 is 9.48 Å². The summed E-state index contributed by atoms with van der Waals surface area (Å²) < 4.78 is 0.822. The first-order valence-corrected chi connectivity index (χ1v) is 8.80. The fourth-order valence-electron chi connectivity index (χ4n) is 3.20. The fraction of sp³-hybridized carbons (Fsp3) is 0.684. The van der Waals surface area contributed by atoms with Crippen molar-refractivity contribution in [3.8, 4) is 0 Å². The lowest BCUT2D eigenvalue weighted by atomic mass is 10.1. The van der Waals surface area contributed by atoms with Gasteiger partial charge in [-0.1, -0.05) is 64.4 Å². The van der Waals surface area contributed by atoms with Gasteiger partial charge in [0.25, 0.3) is 0 Å². The quantitative estimate of drug-likeness (QED) is 0.386. The molecule has 2 heteroatoms. The molecule has 1 aromatic rings. The van der Waals surface area contributed by atoms with Crippen LogP contribution in [0.2, 0.25) is 0 Å². The second kappa shape index (κ2) is 9.97. The van der Waals surface area contributed by atoms with E-state index in [9.17, 15) is 0 Å². The van der Waals surface area contributed by atoms with Crippen LogP contribution < -0.4 is 0 Å². The summed E-state index contributed by atoms with van der Waals surface area (Å²) in [6.07, 6.45) is 6.00. The van der Waals surface area contributed by atoms with E-state index in [-0.39, 0.29) is 6.10 Å². The highest BCUT2D eigenvalue weighted by Crippen LogP contribution is 2.28. The summed E-state index contributed by atoms with van der Waals surface area (Å²) in [5.74, 6) is 0. The molecule has 0 saturated heterocycles. The van der Waals surface area contributed by atoms with E-state index in [2.05, 4.69) is 58.0 Å². The standard InChI is InChI=1S/C19H34NO/c1-5-12-19(18-13-10-9-11-14-18)21-20(15-6-2,16-7-3)17-8-4/h9-11,13-14,19H,5-8,12,15-17H2,1-4H3/q+1. The Morgan fingerprint density at radius 2 is 1.33 bits per heavy atom. The Morgan fingerprint density at radius 3 is 1.76 bits per heavy atom. The molecule has 0 radical (unpaired) electrons. The van der Waals surface area contributed by atoms with Crippen molar-refractivity contribution in [1.82, 2.24) is 0 Å². The molecule has 120 valence electrons. The van der Waals surface area contributed by atoms with Gasteiger partial charge in [-0.3, -0.25) is 0 Å². The Bertz CT molecular complexity index is 346. The average Bonchev–Trinajstić information content (AvgIpc) is 2.48. The Balaban J connectivity index is 2.94. The Hall–Kier alpha value is -0.860. The molecule has 0 aliphatic rings. The topological polar surface area (TPSA) is 9.23 Å². The van der Waals surface area contributed by atoms with Crippen LogP contribution >= 0.6 is 0 Å². The monoisotopic (exact) mass is 292 g/mol. The van der Waals surface area contributed by atoms with Gasteiger partial charge < -0.3 is 0 Å². The van der Waals surface area contributed by atoms with Gasteiger partial charge >= 0.3 is 0 Å². The van der Waals surface area contributed by atoms with Crippen LogP contribution in [-0.4, -0.2) is 24.3 Å². The molecule has 21 heavy (non-hydrogen) atoms. The van der Waals surface area contributed by atoms with E-state index in [1.165, 1.54) is 24.8 Å². The molecule has 0 amide bonds. The highest BCUT2D eigenvalue weighted by atomic mass is 16.7. The van der Waals surface area contributed by atoms with Gasteiger partial charge in [-0.25, -0.2) is 0 Å². The smallest absolute Gasteiger partial charge is 0.142 e. The minimum absolute atomic E-state index is 0.223. The molecule has 0 bridgehead atoms. The molecule has 0 aromatic heterocycles. The van der Waals surface area contributed by atoms with Gasteiger partial charge in [0.15, 0.2) is 0 Å². The first-order chi connectivity index (χ1) is 10.2. The molecular formula is C19H34NO+. The molecule has 0 N–H and O–H groups in total. The lowest BCUT2D eigenvalue weighted by molar-refractivity contribution is -1.11. The maximum atomic E-state index is 6.72. The summed E-state index contributed by atoms with van der Waals surface area (Å²) in [4.78, 5) is 6.72. The van der Waals surface area contributed by atoms with Crippen molar-refractivity contribution in [2.45, 2.75) is 65.9 Å². The number of hydrogen-bond donors (Lipinski definition) is 0. The summed E-state index contributed by atoms with van der Waals surface area (Å²) >= 11 is 0. The van der Waals surface area contributed by atoms with E-state index in [4.69, 9.17) is 4.84 Å². The highest BCUT2D eigenvalue weighted by molar-refractivity contribution is 5.17. The Morgan fingerprint density at radius 1 is 0.810 bits per heavy atom. The Labute approximate surface area is 131 Å². The van der Waals surface area contributed by atoms with Gasteiger partial charge in [0, 0.05) is 0 Å². The van der Waals surface area contributed by atoms with Gasteiger partial charge in [0.1, 0.15) is 25.7 Å². The van der Waals surface area contributed by atoms with Gasteiger partial charge in [-0.2, -0.15) is 9.48 Å². The molecule has 2 nitrogen and oxygen atoms in total. The van der Waals surface area contributed by atoms with Crippen molar-refractivity contribution in [1.29, 1.82) is 0 Å². The lowest BCUT2D eigenvalue weighted by Gasteiger charge is -2.38. The molecule has 0 heterocycles. The average molecular weight is 292 g/mol. The summed E-state index contributed by atoms with van der Waals surface area (Å²) in [5, 5.41) is 0. The minimum atomic E-state index is 0.223. The number of hydrogen-bond acceptors (Lipinski definition) is 1. The number of hydroxylamine groups is 3. The molecule has 1 atom stereocenters. The van der Waals surface area contributed by atoms with E-state index < -0.39 is 0 Å². The summed E-state index contributed by atoms with van der Waals surface area (Å²) in [6, 6.07) is 10.7. The van der Waals surface area contributed by atoms with Gasteiger partial charge in [0.05, 0.1) is 0 Å². The predicted octanol–water partition coefficient (Wildman–Crippen LogP) is 5.51. The van der Waals surface area contributed by atoms with E-state index >= 15 is 0 Å². The van der Waals surface area contributed by atoms with Gasteiger partial charge in [0.2, 0.25) is 0 Å². The Kier molecular flexibility index (Phi) is 8.63. The van der Waals surface area contributed by atoms with Crippen LogP contribution in [-0.2, 0) is 4.84 Å². The number of quaternary nitrogens is 1. The van der Waals surface area contributed by atoms with Crippen molar-refractivity contribution >= 4 is 0 Å². The molecular weight excluding hydrogens is 258 g/mol. The van der Waals surface area contributed by atoms with Crippen LogP contribution in [0.3, 0.4) is 0 Å². The lowest BCUT2D eigenvalue weighted by Crippen LogP contribution is -2.50. The van der Waals surface area contributed by atoms with Crippen molar-refractivity contribution in [3.05, 3.63) is 35.9 Å². The second-order valence-corrected chi connectivity index (χ2v) is 6.02. The zero-order valence-corrected chi connectivity index (χ0v) is 14.5. The SMILES string of the molecule is CCCC(O[N+](CCC)(CCC)CCC)c1ccccc1. The highest BCUT2D eigenvalue weighted by Gasteiger charge is 2.31.